The number of phosphoric acid groups is 1. The normalized spacial score (nSPS) is 15.0. The van der Waals surface area contributed by atoms with E-state index in [4.69, 9.17) is 9.05 Å². The molecule has 0 spiro atoms. The predicted octanol–water partition coefficient (Wildman–Crippen LogP) is 12.8. The van der Waals surface area contributed by atoms with Gasteiger partial charge in [0.25, 0.3) is 0 Å². The van der Waals surface area contributed by atoms with Crippen molar-refractivity contribution in [1.82, 2.24) is 5.32 Å². The molecule has 0 radical (unpaired) electrons. The fourth-order valence-corrected chi connectivity index (χ4v) is 6.80. The van der Waals surface area contributed by atoms with Gasteiger partial charge < -0.3 is 19.8 Å². The Morgan fingerprint density at radius 3 is 1.54 bits per heavy atom. The molecule has 0 aromatic rings. The van der Waals surface area contributed by atoms with Gasteiger partial charge in [-0.25, -0.2) is 4.57 Å². The molecule has 0 heterocycles. The van der Waals surface area contributed by atoms with Crippen LogP contribution in [0.1, 0.15) is 174 Å². The number of hydrogen-bond donors (Lipinski definition) is 3. The summed E-state index contributed by atoms with van der Waals surface area (Å²) in [6, 6.07) is -0.855. The van der Waals surface area contributed by atoms with Gasteiger partial charge >= 0.3 is 7.82 Å². The maximum absolute atomic E-state index is 12.9. The molecule has 0 fully saturated rings. The van der Waals surface area contributed by atoms with E-state index in [0.717, 1.165) is 83.5 Å². The highest BCUT2D eigenvalue weighted by Gasteiger charge is 2.27. The summed E-state index contributed by atoms with van der Waals surface area (Å²) in [5, 5.41) is 13.8. The molecular weight excluding hydrogens is 732 g/mol. The highest BCUT2D eigenvalue weighted by molar-refractivity contribution is 7.47. The van der Waals surface area contributed by atoms with E-state index in [2.05, 4.69) is 79.9 Å². The SMILES string of the molecule is CC/C=C\C/C=C\C/C=C\C/C=C\C/C=C\CCCCCCCCCC(=O)NC(COP(=O)(O)OCC[N+](C)(C)C)C(O)/C=C/CCCCCCCCCCCC. The highest BCUT2D eigenvalue weighted by atomic mass is 31.2. The fourth-order valence-electron chi connectivity index (χ4n) is 6.07. The van der Waals surface area contributed by atoms with Crippen LogP contribution in [0, 0.1) is 0 Å². The number of carbonyl (C=O) groups is 1. The van der Waals surface area contributed by atoms with Crippen LogP contribution in [0.4, 0.5) is 0 Å². The van der Waals surface area contributed by atoms with Crippen molar-refractivity contribution in [3.05, 3.63) is 72.9 Å². The Labute approximate surface area is 351 Å². The van der Waals surface area contributed by atoms with Crippen LogP contribution in [0.2, 0.25) is 0 Å². The maximum Gasteiger partial charge on any atom is 0.472 e. The first-order valence-electron chi connectivity index (χ1n) is 22.8. The van der Waals surface area contributed by atoms with Crippen molar-refractivity contribution in [2.75, 3.05) is 40.9 Å². The molecule has 3 N–H and O–H groups in total. The highest BCUT2D eigenvalue weighted by Crippen LogP contribution is 2.43. The number of nitrogens with one attached hydrogen (secondary N) is 1. The molecular formula is C48H88N2O6P+. The largest absolute Gasteiger partial charge is 0.472 e. The van der Waals surface area contributed by atoms with E-state index < -0.39 is 20.0 Å². The van der Waals surface area contributed by atoms with Crippen LogP contribution >= 0.6 is 7.82 Å². The van der Waals surface area contributed by atoms with Gasteiger partial charge in [0.2, 0.25) is 5.91 Å². The number of quaternary nitrogens is 1. The number of amides is 1. The maximum atomic E-state index is 12.9. The van der Waals surface area contributed by atoms with Crippen LogP contribution in [0.15, 0.2) is 72.9 Å². The second kappa shape index (κ2) is 39.4. The number of likely N-dealkylation sites (N-methyl/N-ethyl adjacent to an activating group) is 1. The van der Waals surface area contributed by atoms with Crippen LogP contribution in [-0.2, 0) is 18.4 Å². The minimum absolute atomic E-state index is 0.0555. The van der Waals surface area contributed by atoms with Gasteiger partial charge in [0.15, 0.2) is 0 Å². The number of nitrogens with zero attached hydrogens (tertiary/aromatic N) is 1. The summed E-state index contributed by atoms with van der Waals surface area (Å²) in [6.45, 7) is 4.66. The molecule has 0 bridgehead atoms. The molecule has 0 rings (SSSR count). The summed E-state index contributed by atoms with van der Waals surface area (Å²) < 4.78 is 23.5. The number of unbranched alkanes of at least 4 members (excludes halogenated alkanes) is 17. The van der Waals surface area contributed by atoms with Crippen molar-refractivity contribution in [3.8, 4) is 0 Å². The minimum atomic E-state index is -4.34. The van der Waals surface area contributed by atoms with Crippen LogP contribution in [-0.4, -0.2) is 73.4 Å². The van der Waals surface area contributed by atoms with Gasteiger partial charge in [-0.2, -0.15) is 0 Å². The summed E-state index contributed by atoms with van der Waals surface area (Å²) in [7, 11) is 1.55. The third-order valence-corrected chi connectivity index (χ3v) is 10.7. The third kappa shape index (κ3) is 41.9. The lowest BCUT2D eigenvalue weighted by atomic mass is 10.1. The van der Waals surface area contributed by atoms with E-state index in [9.17, 15) is 19.4 Å². The van der Waals surface area contributed by atoms with Crippen LogP contribution < -0.4 is 5.32 Å². The Morgan fingerprint density at radius 2 is 1.05 bits per heavy atom. The molecule has 0 aliphatic carbocycles. The molecule has 0 aliphatic heterocycles. The molecule has 0 aromatic carbocycles. The molecule has 0 saturated heterocycles. The Kier molecular flexibility index (Phi) is 38.0. The molecule has 57 heavy (non-hydrogen) atoms. The van der Waals surface area contributed by atoms with Crippen molar-refractivity contribution in [1.29, 1.82) is 0 Å². The number of rotatable bonds is 40. The summed E-state index contributed by atoms with van der Waals surface area (Å²) in [5.41, 5.74) is 0. The molecule has 3 atom stereocenters. The van der Waals surface area contributed by atoms with Gasteiger partial charge in [-0.3, -0.25) is 13.8 Å². The quantitative estimate of drug-likeness (QED) is 0.0246. The van der Waals surface area contributed by atoms with E-state index in [1.807, 2.05) is 27.2 Å². The van der Waals surface area contributed by atoms with E-state index >= 15 is 0 Å². The summed E-state index contributed by atoms with van der Waals surface area (Å²) in [4.78, 5) is 23.1. The van der Waals surface area contributed by atoms with Crippen LogP contribution in [0.25, 0.3) is 0 Å². The average Bonchev–Trinajstić information content (AvgIpc) is 3.16. The number of allylic oxidation sites excluding steroid dienone is 11. The van der Waals surface area contributed by atoms with Gasteiger partial charge in [0, 0.05) is 6.42 Å². The van der Waals surface area contributed by atoms with Gasteiger partial charge in [0.05, 0.1) is 39.9 Å². The molecule has 1 amide bonds. The van der Waals surface area contributed by atoms with E-state index in [0.29, 0.717) is 17.4 Å². The van der Waals surface area contributed by atoms with Crippen molar-refractivity contribution >= 4 is 13.7 Å². The monoisotopic (exact) mass is 820 g/mol. The topological polar surface area (TPSA) is 105 Å². The van der Waals surface area contributed by atoms with E-state index in [1.54, 1.807) is 6.08 Å². The Hall–Kier alpha value is -2.06. The number of aliphatic hydroxyl groups excluding tert-OH is 1. The molecule has 0 saturated carbocycles. The first-order valence-corrected chi connectivity index (χ1v) is 24.3. The summed E-state index contributed by atoms with van der Waals surface area (Å²) >= 11 is 0. The second-order valence-electron chi connectivity index (χ2n) is 16.4. The lowest BCUT2D eigenvalue weighted by Gasteiger charge is -2.25. The Bertz CT molecular complexity index is 1160. The number of phosphoric ester groups is 1. The first kappa shape index (κ1) is 54.9. The molecule has 0 aromatic heterocycles. The number of aliphatic hydroxyl groups is 1. The fraction of sp³-hybridized carbons (Fsp3) is 0.729. The Balaban J connectivity index is 4.37. The molecule has 8 nitrogen and oxygen atoms in total. The Morgan fingerprint density at radius 1 is 0.614 bits per heavy atom. The first-order chi connectivity index (χ1) is 27.5. The van der Waals surface area contributed by atoms with Gasteiger partial charge in [-0.15, -0.1) is 0 Å². The lowest BCUT2D eigenvalue weighted by Crippen LogP contribution is -2.45. The second-order valence-corrected chi connectivity index (χ2v) is 17.9. The van der Waals surface area contributed by atoms with Crippen molar-refractivity contribution < 1.29 is 32.9 Å². The van der Waals surface area contributed by atoms with E-state index in [-0.39, 0.29) is 19.1 Å². The molecule has 330 valence electrons. The summed E-state index contributed by atoms with van der Waals surface area (Å²) in [5.74, 6) is -0.193. The average molecular weight is 820 g/mol. The van der Waals surface area contributed by atoms with Gasteiger partial charge in [-0.1, -0.05) is 177 Å². The third-order valence-electron chi connectivity index (χ3n) is 9.68. The van der Waals surface area contributed by atoms with Gasteiger partial charge in [0.1, 0.15) is 13.2 Å². The smallest absolute Gasteiger partial charge is 0.387 e. The number of carbonyl (C=O) groups excluding carboxylic acids is 1. The zero-order valence-corrected chi connectivity index (χ0v) is 38.2. The van der Waals surface area contributed by atoms with Crippen molar-refractivity contribution in [2.45, 2.75) is 187 Å². The summed E-state index contributed by atoms with van der Waals surface area (Å²) in [6.07, 6.45) is 52.5. The van der Waals surface area contributed by atoms with Crippen LogP contribution in [0.3, 0.4) is 0 Å². The minimum Gasteiger partial charge on any atom is -0.387 e. The number of hydrogen-bond acceptors (Lipinski definition) is 5. The molecule has 3 unspecified atom stereocenters. The zero-order valence-electron chi connectivity index (χ0n) is 37.3. The van der Waals surface area contributed by atoms with Crippen LogP contribution in [0.5, 0.6) is 0 Å². The standard InChI is InChI=1S/C48H87N2O6P/c1-6-8-10-12-14-16-18-20-21-22-23-24-25-26-27-28-29-30-32-34-36-38-40-42-48(52)49-46(45-56-57(53,54)55-44-43-50(3,4)5)47(51)41-39-37-35-33-31-19-17-15-13-11-9-7-2/h8,10,14,16,20-21,23-24,26-27,39,41,46-47,51H,6-7,9,11-13,15,17-19,22,25,28-38,40,42-45H2,1-5H3,(H-,49,52,53,54)/p+1/b10-8-,16-14-,21-20-,24-23-,27-26-,41-39+. The zero-order chi connectivity index (χ0) is 42.1. The predicted molar refractivity (Wildman–Crippen MR) is 244 cm³/mol. The van der Waals surface area contributed by atoms with E-state index in [1.165, 1.54) is 70.6 Å². The molecule has 9 heteroatoms. The van der Waals surface area contributed by atoms with Crippen molar-refractivity contribution in [3.63, 3.8) is 0 Å². The molecule has 0 aliphatic rings. The van der Waals surface area contributed by atoms with Gasteiger partial charge in [-0.05, 0) is 64.2 Å². The van der Waals surface area contributed by atoms with Crippen molar-refractivity contribution in [2.24, 2.45) is 0 Å². The lowest BCUT2D eigenvalue weighted by molar-refractivity contribution is -0.870.